The number of rotatable bonds is 5. The van der Waals surface area contributed by atoms with E-state index in [1.54, 1.807) is 0 Å². The van der Waals surface area contributed by atoms with Gasteiger partial charge in [-0.1, -0.05) is 150 Å². The molecule has 194 valence electrons. The van der Waals surface area contributed by atoms with Crippen molar-refractivity contribution in [3.05, 3.63) is 160 Å². The van der Waals surface area contributed by atoms with E-state index in [0.717, 1.165) is 6.42 Å². The lowest BCUT2D eigenvalue weighted by atomic mass is 9.79. The van der Waals surface area contributed by atoms with Gasteiger partial charge in [0.25, 0.3) is 0 Å². The predicted octanol–water partition coefficient (Wildman–Crippen LogP) is 10.2. The molecule has 0 heteroatoms. The van der Waals surface area contributed by atoms with Gasteiger partial charge in [-0.15, -0.1) is 0 Å². The molecule has 0 atom stereocenters. The predicted molar refractivity (Wildman–Crippen MR) is 167 cm³/mol. The van der Waals surface area contributed by atoms with Crippen molar-refractivity contribution in [3.63, 3.8) is 0 Å². The van der Waals surface area contributed by atoms with Crippen LogP contribution >= 0.6 is 0 Å². The summed E-state index contributed by atoms with van der Waals surface area (Å²) in [6.45, 7) is 11.7. The first kappa shape index (κ1) is 25.4. The fourth-order valence-electron chi connectivity index (χ4n) is 6.09. The van der Waals surface area contributed by atoms with E-state index in [9.17, 15) is 0 Å². The van der Waals surface area contributed by atoms with Crippen LogP contribution in [0, 0.1) is 0 Å². The summed E-state index contributed by atoms with van der Waals surface area (Å²) in [5.74, 6) is 0.369. The molecular formula is C39H38. The maximum Gasteiger partial charge on any atom is 0.0208 e. The molecule has 2 aliphatic rings. The summed E-state index contributed by atoms with van der Waals surface area (Å²) in [4.78, 5) is 0. The minimum Gasteiger partial charge on any atom is -0.0732 e. The van der Waals surface area contributed by atoms with Crippen LogP contribution in [0.5, 0.6) is 0 Å². The molecule has 0 radical (unpaired) electrons. The Kier molecular flexibility index (Phi) is 6.31. The van der Waals surface area contributed by atoms with Crippen molar-refractivity contribution in [2.45, 2.75) is 57.8 Å². The minimum absolute atomic E-state index is 0.0957. The van der Waals surface area contributed by atoms with Crippen LogP contribution < -0.4 is 0 Å². The van der Waals surface area contributed by atoms with Gasteiger partial charge in [0.2, 0.25) is 0 Å². The Balaban J connectivity index is 1.48. The highest BCUT2D eigenvalue weighted by Gasteiger charge is 2.29. The molecule has 4 aromatic rings. The van der Waals surface area contributed by atoms with Crippen LogP contribution in [0.2, 0.25) is 0 Å². The van der Waals surface area contributed by atoms with Crippen LogP contribution in [-0.2, 0) is 17.3 Å². The highest BCUT2D eigenvalue weighted by atomic mass is 14.3. The zero-order chi connectivity index (χ0) is 27.2. The molecule has 39 heavy (non-hydrogen) atoms. The molecule has 0 heterocycles. The Morgan fingerprint density at radius 1 is 0.667 bits per heavy atom. The SMILES string of the molecule is CC(C)(C)c1cc2c(c(C3C=CC=C3)c1)Cc1ccc(C(C)(C)C=C(c3ccccc3)c3ccccc3)cc1-2. The highest BCUT2D eigenvalue weighted by molar-refractivity contribution is 5.82. The quantitative estimate of drug-likeness (QED) is 0.222. The molecule has 0 amide bonds. The highest BCUT2D eigenvalue weighted by Crippen LogP contribution is 2.46. The normalized spacial score (nSPS) is 14.4. The third kappa shape index (κ3) is 4.85. The molecule has 0 nitrogen and oxygen atoms in total. The summed E-state index contributed by atoms with van der Waals surface area (Å²) in [7, 11) is 0. The molecule has 0 spiro atoms. The largest absolute Gasteiger partial charge is 0.0732 e. The zero-order valence-electron chi connectivity index (χ0n) is 23.8. The van der Waals surface area contributed by atoms with E-state index in [4.69, 9.17) is 0 Å². The van der Waals surface area contributed by atoms with Crippen LogP contribution in [0.4, 0.5) is 0 Å². The van der Waals surface area contributed by atoms with Crippen molar-refractivity contribution >= 4 is 5.57 Å². The Labute approximate surface area is 234 Å². The molecule has 2 aliphatic carbocycles. The lowest BCUT2D eigenvalue weighted by Crippen LogP contribution is -2.15. The van der Waals surface area contributed by atoms with Crippen LogP contribution in [0.1, 0.15) is 79.5 Å². The van der Waals surface area contributed by atoms with Gasteiger partial charge in [-0.25, -0.2) is 0 Å². The maximum absolute atomic E-state index is 2.47. The summed E-state index contributed by atoms with van der Waals surface area (Å²) in [5.41, 5.74) is 13.7. The first-order chi connectivity index (χ1) is 18.7. The second kappa shape index (κ2) is 9.69. The zero-order valence-corrected chi connectivity index (χ0v) is 23.8. The average molecular weight is 507 g/mol. The van der Waals surface area contributed by atoms with E-state index in [2.05, 4.69) is 156 Å². The fourth-order valence-corrected chi connectivity index (χ4v) is 6.09. The fraction of sp³-hybridized carbons (Fsp3) is 0.231. The van der Waals surface area contributed by atoms with E-state index in [1.165, 1.54) is 55.6 Å². The van der Waals surface area contributed by atoms with E-state index < -0.39 is 0 Å². The van der Waals surface area contributed by atoms with Crippen molar-refractivity contribution < 1.29 is 0 Å². The smallest absolute Gasteiger partial charge is 0.0208 e. The summed E-state index contributed by atoms with van der Waals surface area (Å²) in [6.07, 6.45) is 12.5. The Morgan fingerprint density at radius 3 is 1.85 bits per heavy atom. The molecular weight excluding hydrogens is 468 g/mol. The third-order valence-electron chi connectivity index (χ3n) is 8.44. The summed E-state index contributed by atoms with van der Waals surface area (Å²) >= 11 is 0. The topological polar surface area (TPSA) is 0 Å². The molecule has 0 bridgehead atoms. The van der Waals surface area contributed by atoms with E-state index in [-0.39, 0.29) is 10.8 Å². The van der Waals surface area contributed by atoms with Crippen LogP contribution in [0.15, 0.2) is 121 Å². The van der Waals surface area contributed by atoms with Gasteiger partial charge < -0.3 is 0 Å². The van der Waals surface area contributed by atoms with Gasteiger partial charge >= 0.3 is 0 Å². The van der Waals surface area contributed by atoms with Gasteiger partial charge in [-0.05, 0) is 73.5 Å². The van der Waals surface area contributed by atoms with Crippen LogP contribution in [0.3, 0.4) is 0 Å². The van der Waals surface area contributed by atoms with Gasteiger partial charge in [0.1, 0.15) is 0 Å². The van der Waals surface area contributed by atoms with Crippen molar-refractivity contribution in [1.82, 2.24) is 0 Å². The standard InChI is InChI=1S/C39H38/c1-38(2,3)32-24-33(27-18-12-13-19-27)35-22-30-20-21-31(23-34(30)36(35)25-32)39(4,5)26-37(28-14-8-6-9-15-28)29-16-10-7-11-17-29/h6-21,23-27H,22H2,1-5H3. The van der Waals surface area contributed by atoms with Gasteiger partial charge in [0.05, 0.1) is 0 Å². The number of fused-ring (bicyclic) bond motifs is 3. The molecule has 0 aromatic heterocycles. The maximum atomic E-state index is 2.47. The van der Waals surface area contributed by atoms with E-state index in [0.29, 0.717) is 5.92 Å². The summed E-state index contributed by atoms with van der Waals surface area (Å²) < 4.78 is 0. The number of hydrogen-bond acceptors (Lipinski definition) is 0. The first-order valence-corrected chi connectivity index (χ1v) is 14.2. The molecule has 0 aliphatic heterocycles. The average Bonchev–Trinajstić information content (AvgIpc) is 3.60. The number of benzene rings is 4. The first-order valence-electron chi connectivity index (χ1n) is 14.2. The Hall–Kier alpha value is -3.90. The lowest BCUT2D eigenvalue weighted by Gasteiger charge is -2.25. The molecule has 0 saturated carbocycles. The van der Waals surface area contributed by atoms with Crippen LogP contribution in [0.25, 0.3) is 16.7 Å². The summed E-state index contributed by atoms with van der Waals surface area (Å²) in [6, 6.07) is 33.7. The lowest BCUT2D eigenvalue weighted by molar-refractivity contribution is 0.589. The molecule has 0 N–H and O–H groups in total. The molecule has 4 aromatic carbocycles. The van der Waals surface area contributed by atoms with Crippen LogP contribution in [-0.4, -0.2) is 0 Å². The van der Waals surface area contributed by atoms with E-state index in [1.807, 2.05) is 0 Å². The Morgan fingerprint density at radius 2 is 1.26 bits per heavy atom. The second-order valence-corrected chi connectivity index (χ2v) is 12.7. The van der Waals surface area contributed by atoms with Gasteiger partial charge in [-0.3, -0.25) is 0 Å². The summed E-state index contributed by atoms with van der Waals surface area (Å²) in [5, 5.41) is 0. The van der Waals surface area contributed by atoms with Crippen molar-refractivity contribution in [3.8, 4) is 11.1 Å². The molecule has 0 fully saturated rings. The van der Waals surface area contributed by atoms with Crippen molar-refractivity contribution in [2.24, 2.45) is 0 Å². The monoisotopic (exact) mass is 506 g/mol. The Bertz CT molecular complexity index is 1550. The van der Waals surface area contributed by atoms with Crippen molar-refractivity contribution in [1.29, 1.82) is 0 Å². The second-order valence-electron chi connectivity index (χ2n) is 12.7. The molecule has 6 rings (SSSR count). The van der Waals surface area contributed by atoms with Crippen molar-refractivity contribution in [2.75, 3.05) is 0 Å². The molecule has 0 saturated heterocycles. The number of allylic oxidation sites excluding steroid dienone is 5. The van der Waals surface area contributed by atoms with Gasteiger partial charge in [0.15, 0.2) is 0 Å². The molecule has 0 unspecified atom stereocenters. The number of hydrogen-bond donors (Lipinski definition) is 0. The van der Waals surface area contributed by atoms with E-state index >= 15 is 0 Å². The third-order valence-corrected chi connectivity index (χ3v) is 8.44. The van der Waals surface area contributed by atoms with Gasteiger partial charge in [-0.2, -0.15) is 0 Å². The minimum atomic E-state index is -0.153. The van der Waals surface area contributed by atoms with Gasteiger partial charge in [0, 0.05) is 11.3 Å².